The highest BCUT2D eigenvalue weighted by molar-refractivity contribution is 7.16. The highest BCUT2D eigenvalue weighted by Crippen LogP contribution is 2.25. The molecule has 90 valence electrons. The Balaban J connectivity index is 2.18. The summed E-state index contributed by atoms with van der Waals surface area (Å²) in [6, 6.07) is 5.77. The Morgan fingerprint density at radius 3 is 2.94 bits per heavy atom. The molecule has 0 bridgehead atoms. The molecule has 0 saturated heterocycles. The van der Waals surface area contributed by atoms with Gasteiger partial charge in [0, 0.05) is 23.2 Å². The van der Waals surface area contributed by atoms with Crippen molar-refractivity contribution in [1.82, 2.24) is 15.0 Å². The first-order chi connectivity index (χ1) is 8.78. The molecule has 0 aromatic carbocycles. The Bertz CT molecular complexity index is 708. The minimum Gasteiger partial charge on any atom is -0.481 e. The van der Waals surface area contributed by atoms with Crippen molar-refractivity contribution in [2.45, 2.75) is 6.92 Å². The van der Waals surface area contributed by atoms with Crippen molar-refractivity contribution in [2.75, 3.05) is 7.11 Å². The normalized spacial score (nSPS) is 10.8. The SMILES string of the molecule is COc1cc(-c2nc(C)c3ccsc3n2)ccn1. The second-order valence-electron chi connectivity index (χ2n) is 3.86. The summed E-state index contributed by atoms with van der Waals surface area (Å²) >= 11 is 1.62. The predicted molar refractivity (Wildman–Crippen MR) is 71.9 cm³/mol. The summed E-state index contributed by atoms with van der Waals surface area (Å²) in [5.41, 5.74) is 1.91. The van der Waals surface area contributed by atoms with E-state index in [1.165, 1.54) is 0 Å². The smallest absolute Gasteiger partial charge is 0.213 e. The zero-order valence-electron chi connectivity index (χ0n) is 10.0. The van der Waals surface area contributed by atoms with E-state index in [1.54, 1.807) is 24.6 Å². The molecular weight excluding hydrogens is 246 g/mol. The van der Waals surface area contributed by atoms with Crippen LogP contribution >= 0.6 is 11.3 Å². The molecule has 4 nitrogen and oxygen atoms in total. The molecule has 3 aromatic rings. The highest BCUT2D eigenvalue weighted by Gasteiger charge is 2.08. The van der Waals surface area contributed by atoms with E-state index in [-0.39, 0.29) is 0 Å². The Morgan fingerprint density at radius 1 is 1.22 bits per heavy atom. The number of pyridine rings is 1. The molecule has 0 aliphatic carbocycles. The van der Waals surface area contributed by atoms with Gasteiger partial charge in [-0.3, -0.25) is 0 Å². The van der Waals surface area contributed by atoms with E-state index in [1.807, 2.05) is 30.5 Å². The number of rotatable bonds is 2. The zero-order chi connectivity index (χ0) is 12.5. The highest BCUT2D eigenvalue weighted by atomic mass is 32.1. The fourth-order valence-electron chi connectivity index (χ4n) is 1.79. The van der Waals surface area contributed by atoms with Crippen molar-refractivity contribution >= 4 is 21.6 Å². The van der Waals surface area contributed by atoms with Gasteiger partial charge in [0.05, 0.1) is 12.8 Å². The van der Waals surface area contributed by atoms with Crippen LogP contribution in [-0.4, -0.2) is 22.1 Å². The molecule has 0 aliphatic rings. The quantitative estimate of drug-likeness (QED) is 0.708. The number of ether oxygens (including phenoxy) is 1. The molecule has 3 aromatic heterocycles. The van der Waals surface area contributed by atoms with Gasteiger partial charge >= 0.3 is 0 Å². The minimum atomic E-state index is 0.569. The summed E-state index contributed by atoms with van der Waals surface area (Å²) in [5, 5.41) is 3.15. The van der Waals surface area contributed by atoms with Crippen LogP contribution in [0.5, 0.6) is 5.88 Å². The first-order valence-electron chi connectivity index (χ1n) is 5.50. The Labute approximate surface area is 108 Å². The predicted octanol–water partition coefficient (Wildman–Crippen LogP) is 3.07. The largest absolute Gasteiger partial charge is 0.481 e. The van der Waals surface area contributed by atoms with Gasteiger partial charge in [0.2, 0.25) is 5.88 Å². The van der Waals surface area contributed by atoms with Crippen molar-refractivity contribution < 1.29 is 4.74 Å². The molecule has 0 amide bonds. The van der Waals surface area contributed by atoms with Crippen molar-refractivity contribution in [2.24, 2.45) is 0 Å². The molecule has 5 heteroatoms. The van der Waals surface area contributed by atoms with Gasteiger partial charge in [-0.2, -0.15) is 0 Å². The van der Waals surface area contributed by atoms with Gasteiger partial charge in [-0.25, -0.2) is 15.0 Å². The Kier molecular flexibility index (Phi) is 2.68. The second kappa shape index (κ2) is 4.34. The molecule has 3 rings (SSSR count). The first-order valence-corrected chi connectivity index (χ1v) is 6.38. The van der Waals surface area contributed by atoms with E-state index >= 15 is 0 Å². The molecule has 0 spiro atoms. The number of hydrogen-bond donors (Lipinski definition) is 0. The number of hydrogen-bond acceptors (Lipinski definition) is 5. The average molecular weight is 257 g/mol. The third-order valence-electron chi connectivity index (χ3n) is 2.72. The lowest BCUT2D eigenvalue weighted by Gasteiger charge is -2.04. The van der Waals surface area contributed by atoms with Crippen LogP contribution in [0.2, 0.25) is 0 Å². The van der Waals surface area contributed by atoms with Crippen molar-refractivity contribution in [3.8, 4) is 17.3 Å². The van der Waals surface area contributed by atoms with Crippen molar-refractivity contribution in [1.29, 1.82) is 0 Å². The number of fused-ring (bicyclic) bond motifs is 1. The molecule has 0 unspecified atom stereocenters. The van der Waals surface area contributed by atoms with E-state index in [0.717, 1.165) is 21.5 Å². The van der Waals surface area contributed by atoms with E-state index in [9.17, 15) is 0 Å². The molecule has 3 heterocycles. The van der Waals surface area contributed by atoms with Crippen LogP contribution in [0, 0.1) is 6.92 Å². The lowest BCUT2D eigenvalue weighted by molar-refractivity contribution is 0.398. The summed E-state index contributed by atoms with van der Waals surface area (Å²) in [5.74, 6) is 1.28. The number of aryl methyl sites for hydroxylation is 1. The monoisotopic (exact) mass is 257 g/mol. The van der Waals surface area contributed by atoms with Crippen LogP contribution in [-0.2, 0) is 0 Å². The lowest BCUT2D eigenvalue weighted by Crippen LogP contribution is -1.93. The standard InChI is InChI=1S/C13H11N3OS/c1-8-10-4-6-18-13(10)16-12(15-8)9-3-5-14-11(7-9)17-2/h3-7H,1-2H3. The molecule has 0 radical (unpaired) electrons. The van der Waals surface area contributed by atoms with Crippen LogP contribution in [0.25, 0.3) is 21.6 Å². The topological polar surface area (TPSA) is 47.9 Å². The van der Waals surface area contributed by atoms with Crippen LogP contribution < -0.4 is 4.74 Å². The molecule has 0 atom stereocenters. The van der Waals surface area contributed by atoms with E-state index in [2.05, 4.69) is 15.0 Å². The zero-order valence-corrected chi connectivity index (χ0v) is 10.9. The van der Waals surface area contributed by atoms with Gasteiger partial charge < -0.3 is 4.74 Å². The average Bonchev–Trinajstić information content (AvgIpc) is 2.87. The third-order valence-corrected chi connectivity index (χ3v) is 3.52. The molecular formula is C13H11N3OS. The summed E-state index contributed by atoms with van der Waals surface area (Å²) in [6.45, 7) is 2.00. The fourth-order valence-corrected chi connectivity index (χ4v) is 2.61. The van der Waals surface area contributed by atoms with Crippen LogP contribution in [0.3, 0.4) is 0 Å². The first kappa shape index (κ1) is 11.1. The third kappa shape index (κ3) is 1.82. The number of thiophene rings is 1. The van der Waals surface area contributed by atoms with Crippen molar-refractivity contribution in [3.05, 3.63) is 35.5 Å². The maximum Gasteiger partial charge on any atom is 0.213 e. The maximum absolute atomic E-state index is 5.11. The van der Waals surface area contributed by atoms with E-state index in [0.29, 0.717) is 11.7 Å². The van der Waals surface area contributed by atoms with E-state index in [4.69, 9.17) is 4.74 Å². The molecule has 0 aliphatic heterocycles. The van der Waals surface area contributed by atoms with Gasteiger partial charge in [0.1, 0.15) is 4.83 Å². The number of aromatic nitrogens is 3. The Hall–Kier alpha value is -2.01. The van der Waals surface area contributed by atoms with Crippen molar-refractivity contribution in [3.63, 3.8) is 0 Å². The fraction of sp³-hybridized carbons (Fsp3) is 0.154. The molecule has 0 fully saturated rings. The Morgan fingerprint density at radius 2 is 2.11 bits per heavy atom. The summed E-state index contributed by atoms with van der Waals surface area (Å²) < 4.78 is 5.11. The lowest BCUT2D eigenvalue weighted by atomic mass is 10.2. The van der Waals surface area contributed by atoms with Crippen LogP contribution in [0.4, 0.5) is 0 Å². The van der Waals surface area contributed by atoms with Crippen LogP contribution in [0.15, 0.2) is 29.8 Å². The summed E-state index contributed by atoms with van der Waals surface area (Å²) in [4.78, 5) is 14.2. The molecule has 0 N–H and O–H groups in total. The maximum atomic E-state index is 5.11. The van der Waals surface area contributed by atoms with Gasteiger partial charge in [-0.05, 0) is 24.4 Å². The second-order valence-corrected chi connectivity index (χ2v) is 4.75. The number of nitrogens with zero attached hydrogens (tertiary/aromatic N) is 3. The van der Waals surface area contributed by atoms with Crippen LogP contribution in [0.1, 0.15) is 5.69 Å². The summed E-state index contributed by atoms with van der Waals surface area (Å²) in [6.07, 6.45) is 1.70. The minimum absolute atomic E-state index is 0.569. The summed E-state index contributed by atoms with van der Waals surface area (Å²) in [7, 11) is 1.60. The van der Waals surface area contributed by atoms with Gasteiger partial charge in [-0.15, -0.1) is 11.3 Å². The number of methoxy groups -OCH3 is 1. The van der Waals surface area contributed by atoms with E-state index < -0.39 is 0 Å². The van der Waals surface area contributed by atoms with Gasteiger partial charge in [0.25, 0.3) is 0 Å². The molecule has 18 heavy (non-hydrogen) atoms. The van der Waals surface area contributed by atoms with Gasteiger partial charge in [0.15, 0.2) is 5.82 Å². The van der Waals surface area contributed by atoms with Gasteiger partial charge in [-0.1, -0.05) is 0 Å². The molecule has 0 saturated carbocycles.